The van der Waals surface area contributed by atoms with Gasteiger partial charge in [-0.1, -0.05) is 20.8 Å². The second kappa shape index (κ2) is 3.37. The van der Waals surface area contributed by atoms with Gasteiger partial charge in [0.2, 0.25) is 0 Å². The minimum absolute atomic E-state index is 0.202. The Morgan fingerprint density at radius 3 is 2.42 bits per heavy atom. The molecule has 0 radical (unpaired) electrons. The minimum atomic E-state index is 0.202. The third-order valence-corrected chi connectivity index (χ3v) is 2.70. The first kappa shape index (κ1) is 10.0. The van der Waals surface area contributed by atoms with Crippen LogP contribution in [0, 0.1) is 5.41 Å². The molecule has 1 aliphatic rings. The summed E-state index contributed by atoms with van der Waals surface area (Å²) in [7, 11) is 0. The highest BCUT2D eigenvalue weighted by atomic mass is 16.5. The first-order valence-corrected chi connectivity index (χ1v) is 5.05. The van der Waals surface area contributed by atoms with Gasteiger partial charge in [-0.2, -0.15) is 0 Å². The van der Waals surface area contributed by atoms with Crippen LogP contribution in [0.15, 0.2) is 0 Å². The van der Waals surface area contributed by atoms with Crippen LogP contribution in [0.3, 0.4) is 0 Å². The Kier molecular flexibility index (Phi) is 2.82. The molecule has 1 atom stereocenters. The average Bonchev–Trinajstić information content (AvgIpc) is 2.32. The summed E-state index contributed by atoms with van der Waals surface area (Å²) in [4.78, 5) is 0. The van der Waals surface area contributed by atoms with E-state index in [1.807, 2.05) is 0 Å². The molecule has 0 aromatic heterocycles. The first-order chi connectivity index (χ1) is 5.41. The molecule has 72 valence electrons. The molecular weight excluding hydrogens is 148 g/mol. The average molecular weight is 170 g/mol. The van der Waals surface area contributed by atoms with Crippen LogP contribution in [0.25, 0.3) is 0 Å². The lowest BCUT2D eigenvalue weighted by atomic mass is 9.84. The third kappa shape index (κ3) is 3.14. The molecule has 0 saturated carbocycles. The van der Waals surface area contributed by atoms with Gasteiger partial charge in [-0.25, -0.2) is 0 Å². The van der Waals surface area contributed by atoms with Crippen molar-refractivity contribution in [1.82, 2.24) is 0 Å². The highest BCUT2D eigenvalue weighted by Crippen LogP contribution is 2.33. The molecule has 1 fully saturated rings. The third-order valence-electron chi connectivity index (χ3n) is 2.70. The Morgan fingerprint density at radius 1 is 1.33 bits per heavy atom. The van der Waals surface area contributed by atoms with Crippen molar-refractivity contribution in [3.8, 4) is 0 Å². The largest absolute Gasteiger partial charge is 0.375 e. The molecular formula is C11H22O. The van der Waals surface area contributed by atoms with Crippen molar-refractivity contribution >= 4 is 0 Å². The summed E-state index contributed by atoms with van der Waals surface area (Å²) < 4.78 is 5.74. The van der Waals surface area contributed by atoms with Crippen LogP contribution in [0.1, 0.15) is 53.4 Å². The van der Waals surface area contributed by atoms with E-state index in [1.165, 1.54) is 25.7 Å². The normalized spacial score (nSPS) is 31.0. The van der Waals surface area contributed by atoms with Gasteiger partial charge in [-0.05, 0) is 38.0 Å². The highest BCUT2D eigenvalue weighted by molar-refractivity contribution is 4.81. The summed E-state index contributed by atoms with van der Waals surface area (Å²) in [5, 5.41) is 0. The highest BCUT2D eigenvalue weighted by Gasteiger charge is 2.30. The summed E-state index contributed by atoms with van der Waals surface area (Å²) in [6.07, 6.45) is 4.99. The molecule has 12 heavy (non-hydrogen) atoms. The van der Waals surface area contributed by atoms with Crippen LogP contribution < -0.4 is 0 Å². The van der Waals surface area contributed by atoms with E-state index < -0.39 is 0 Å². The lowest BCUT2D eigenvalue weighted by molar-refractivity contribution is 0.00512. The van der Waals surface area contributed by atoms with Gasteiger partial charge in [0, 0.05) is 6.61 Å². The molecule has 1 rings (SSSR count). The van der Waals surface area contributed by atoms with Gasteiger partial charge in [0.15, 0.2) is 0 Å². The SMILES string of the molecule is CC(C)(C)CCC1(C)CCCO1. The summed E-state index contributed by atoms with van der Waals surface area (Å²) in [5.41, 5.74) is 0.655. The molecule has 1 nitrogen and oxygen atoms in total. The maximum Gasteiger partial charge on any atom is 0.0655 e. The number of hydrogen-bond donors (Lipinski definition) is 0. The monoisotopic (exact) mass is 170 g/mol. The summed E-state index contributed by atoms with van der Waals surface area (Å²) in [5.74, 6) is 0. The molecule has 0 aromatic rings. The Labute approximate surface area is 76.5 Å². The zero-order chi connectivity index (χ0) is 9.24. The van der Waals surface area contributed by atoms with Crippen molar-refractivity contribution in [2.24, 2.45) is 5.41 Å². The van der Waals surface area contributed by atoms with Gasteiger partial charge in [-0.3, -0.25) is 0 Å². The fraction of sp³-hybridized carbons (Fsp3) is 1.00. The van der Waals surface area contributed by atoms with Crippen LogP contribution in [0.4, 0.5) is 0 Å². The molecule has 0 amide bonds. The van der Waals surface area contributed by atoms with E-state index in [-0.39, 0.29) is 5.60 Å². The van der Waals surface area contributed by atoms with E-state index in [4.69, 9.17) is 4.74 Å². The van der Waals surface area contributed by atoms with Gasteiger partial charge in [0.25, 0.3) is 0 Å². The van der Waals surface area contributed by atoms with Crippen molar-refractivity contribution in [2.45, 2.75) is 59.0 Å². The maximum absolute atomic E-state index is 5.74. The molecule has 0 bridgehead atoms. The standard InChI is InChI=1S/C11H22O/c1-10(2,3)7-8-11(4)6-5-9-12-11/h5-9H2,1-4H3. The minimum Gasteiger partial charge on any atom is -0.375 e. The topological polar surface area (TPSA) is 9.23 Å². The van der Waals surface area contributed by atoms with Gasteiger partial charge in [-0.15, -0.1) is 0 Å². The van der Waals surface area contributed by atoms with Crippen LogP contribution in [-0.4, -0.2) is 12.2 Å². The predicted molar refractivity (Wildman–Crippen MR) is 52.3 cm³/mol. The molecule has 1 heteroatoms. The molecule has 1 aliphatic heterocycles. The fourth-order valence-corrected chi connectivity index (χ4v) is 1.67. The predicted octanol–water partition coefficient (Wildman–Crippen LogP) is 3.38. The molecule has 1 unspecified atom stereocenters. The van der Waals surface area contributed by atoms with Gasteiger partial charge < -0.3 is 4.74 Å². The van der Waals surface area contributed by atoms with E-state index in [0.717, 1.165) is 6.61 Å². The molecule has 0 aromatic carbocycles. The Balaban J connectivity index is 2.30. The smallest absolute Gasteiger partial charge is 0.0655 e. The lowest BCUT2D eigenvalue weighted by Gasteiger charge is -2.27. The van der Waals surface area contributed by atoms with Crippen LogP contribution >= 0.6 is 0 Å². The Morgan fingerprint density at radius 2 is 2.00 bits per heavy atom. The second-order valence-electron chi connectivity index (χ2n) is 5.46. The Hall–Kier alpha value is -0.0400. The van der Waals surface area contributed by atoms with E-state index in [2.05, 4.69) is 27.7 Å². The van der Waals surface area contributed by atoms with E-state index in [1.54, 1.807) is 0 Å². The van der Waals surface area contributed by atoms with Crippen LogP contribution in [0.5, 0.6) is 0 Å². The van der Waals surface area contributed by atoms with Crippen molar-refractivity contribution in [2.75, 3.05) is 6.61 Å². The first-order valence-electron chi connectivity index (χ1n) is 5.05. The van der Waals surface area contributed by atoms with Crippen LogP contribution in [-0.2, 0) is 4.74 Å². The second-order valence-corrected chi connectivity index (χ2v) is 5.46. The molecule has 0 spiro atoms. The summed E-state index contributed by atoms with van der Waals surface area (Å²) >= 11 is 0. The molecule has 0 N–H and O–H groups in total. The number of rotatable bonds is 2. The number of ether oxygens (including phenoxy) is 1. The molecule has 1 heterocycles. The summed E-state index contributed by atoms with van der Waals surface area (Å²) in [6, 6.07) is 0. The van der Waals surface area contributed by atoms with Crippen LogP contribution in [0.2, 0.25) is 0 Å². The zero-order valence-electron chi connectivity index (χ0n) is 8.94. The van der Waals surface area contributed by atoms with Crippen molar-refractivity contribution in [1.29, 1.82) is 0 Å². The van der Waals surface area contributed by atoms with E-state index in [0.29, 0.717) is 5.41 Å². The zero-order valence-corrected chi connectivity index (χ0v) is 8.94. The quantitative estimate of drug-likeness (QED) is 0.617. The van der Waals surface area contributed by atoms with E-state index in [9.17, 15) is 0 Å². The van der Waals surface area contributed by atoms with Crippen molar-refractivity contribution in [3.63, 3.8) is 0 Å². The summed E-state index contributed by atoms with van der Waals surface area (Å²) in [6.45, 7) is 10.1. The van der Waals surface area contributed by atoms with Crippen molar-refractivity contribution < 1.29 is 4.74 Å². The van der Waals surface area contributed by atoms with Gasteiger partial charge in [0.05, 0.1) is 5.60 Å². The lowest BCUT2D eigenvalue weighted by Crippen LogP contribution is -2.25. The molecule has 0 aliphatic carbocycles. The van der Waals surface area contributed by atoms with Gasteiger partial charge in [0.1, 0.15) is 0 Å². The maximum atomic E-state index is 5.74. The number of hydrogen-bond acceptors (Lipinski definition) is 1. The Bertz CT molecular complexity index is 138. The van der Waals surface area contributed by atoms with Crippen molar-refractivity contribution in [3.05, 3.63) is 0 Å². The van der Waals surface area contributed by atoms with Gasteiger partial charge >= 0.3 is 0 Å². The fourth-order valence-electron chi connectivity index (χ4n) is 1.67. The molecule has 1 saturated heterocycles. The van der Waals surface area contributed by atoms with E-state index >= 15 is 0 Å².